The van der Waals surface area contributed by atoms with Crippen LogP contribution in [0.4, 0.5) is 5.69 Å². The minimum atomic E-state index is -0.317. The van der Waals surface area contributed by atoms with E-state index < -0.39 is 0 Å². The van der Waals surface area contributed by atoms with E-state index in [0.717, 1.165) is 36.8 Å². The van der Waals surface area contributed by atoms with Crippen LogP contribution in [0, 0.1) is 11.3 Å². The summed E-state index contributed by atoms with van der Waals surface area (Å²) < 4.78 is 7.60. The molecule has 0 spiro atoms. The molecule has 21 heavy (non-hydrogen) atoms. The fourth-order valence-electron chi connectivity index (χ4n) is 2.61. The lowest BCUT2D eigenvalue weighted by molar-refractivity contribution is -0.115. The van der Waals surface area contributed by atoms with Gasteiger partial charge in [0.1, 0.15) is 6.42 Å². The van der Waals surface area contributed by atoms with Crippen molar-refractivity contribution in [3.63, 3.8) is 0 Å². The molecule has 0 aliphatic carbocycles. The zero-order chi connectivity index (χ0) is 14.7. The lowest BCUT2D eigenvalue weighted by atomic mass is 10.1. The molecule has 0 bridgehead atoms. The lowest BCUT2D eigenvalue weighted by Gasteiger charge is -2.24. The number of hydrogen-bond donors (Lipinski definition) is 1. The van der Waals surface area contributed by atoms with E-state index in [-0.39, 0.29) is 18.6 Å². The second-order valence-corrected chi connectivity index (χ2v) is 5.04. The standard InChI is InChI=1S/C15H16N4O2/c16-8-7-13(20)18-12-5-3-4-11-10-17-19(15(11)12)14-6-1-2-9-21-14/h3-5,10,14H,1-2,6-7,9H2,(H,18,20). The highest BCUT2D eigenvalue weighted by Gasteiger charge is 2.20. The van der Waals surface area contributed by atoms with Gasteiger partial charge in [-0.1, -0.05) is 12.1 Å². The molecule has 2 aromatic rings. The summed E-state index contributed by atoms with van der Waals surface area (Å²) in [6.07, 6.45) is 4.61. The van der Waals surface area contributed by atoms with Crippen molar-refractivity contribution in [2.45, 2.75) is 31.9 Å². The van der Waals surface area contributed by atoms with Crippen LogP contribution < -0.4 is 5.32 Å². The molecule has 2 heterocycles. The molecule has 1 saturated heterocycles. The van der Waals surface area contributed by atoms with Crippen molar-refractivity contribution in [1.29, 1.82) is 5.26 Å². The third-order valence-corrected chi connectivity index (χ3v) is 3.56. The summed E-state index contributed by atoms with van der Waals surface area (Å²) in [4.78, 5) is 11.7. The number of anilines is 1. The molecule has 1 atom stereocenters. The van der Waals surface area contributed by atoms with Gasteiger partial charge < -0.3 is 10.1 Å². The number of nitrogens with zero attached hydrogens (tertiary/aromatic N) is 3. The van der Waals surface area contributed by atoms with Crippen LogP contribution in [-0.2, 0) is 9.53 Å². The summed E-state index contributed by atoms with van der Waals surface area (Å²) in [6.45, 7) is 0.731. The normalized spacial score (nSPS) is 18.3. The quantitative estimate of drug-likeness (QED) is 0.939. The number of benzene rings is 1. The second kappa shape index (κ2) is 5.94. The van der Waals surface area contributed by atoms with Crippen molar-refractivity contribution in [3.8, 4) is 6.07 Å². The van der Waals surface area contributed by atoms with Gasteiger partial charge in [0.2, 0.25) is 5.91 Å². The van der Waals surface area contributed by atoms with E-state index >= 15 is 0 Å². The Balaban J connectivity index is 1.98. The first-order valence-corrected chi connectivity index (χ1v) is 7.04. The van der Waals surface area contributed by atoms with Crippen molar-refractivity contribution in [2.24, 2.45) is 0 Å². The summed E-state index contributed by atoms with van der Waals surface area (Å²) in [5, 5.41) is 16.7. The number of carbonyl (C=O) groups excluding carboxylic acids is 1. The number of aromatic nitrogens is 2. The van der Waals surface area contributed by atoms with Crippen molar-refractivity contribution in [2.75, 3.05) is 11.9 Å². The Hall–Kier alpha value is -2.39. The summed E-state index contributed by atoms with van der Waals surface area (Å²) in [7, 11) is 0. The van der Waals surface area contributed by atoms with Gasteiger partial charge in [0.05, 0.1) is 23.5 Å². The first-order valence-electron chi connectivity index (χ1n) is 7.04. The lowest BCUT2D eigenvalue weighted by Crippen LogP contribution is -2.20. The molecule has 1 fully saturated rings. The number of amides is 1. The number of ether oxygens (including phenoxy) is 1. The average molecular weight is 284 g/mol. The predicted molar refractivity (Wildman–Crippen MR) is 77.4 cm³/mol. The molecule has 1 aliphatic rings. The number of hydrogen-bond acceptors (Lipinski definition) is 4. The van der Waals surface area contributed by atoms with Crippen LogP contribution in [0.2, 0.25) is 0 Å². The largest absolute Gasteiger partial charge is 0.356 e. The first kappa shape index (κ1) is 13.6. The molecule has 1 aliphatic heterocycles. The average Bonchev–Trinajstić information content (AvgIpc) is 2.93. The fraction of sp³-hybridized carbons (Fsp3) is 0.400. The van der Waals surface area contributed by atoms with Gasteiger partial charge in [-0.15, -0.1) is 0 Å². The molecule has 1 aromatic heterocycles. The van der Waals surface area contributed by atoms with E-state index in [1.54, 1.807) is 6.20 Å². The highest BCUT2D eigenvalue weighted by atomic mass is 16.5. The van der Waals surface area contributed by atoms with Gasteiger partial charge in [-0.2, -0.15) is 10.4 Å². The van der Waals surface area contributed by atoms with Crippen LogP contribution in [0.5, 0.6) is 0 Å². The fourth-order valence-corrected chi connectivity index (χ4v) is 2.61. The van der Waals surface area contributed by atoms with Crippen molar-refractivity contribution in [3.05, 3.63) is 24.4 Å². The number of rotatable bonds is 3. The number of nitriles is 1. The smallest absolute Gasteiger partial charge is 0.238 e. The third-order valence-electron chi connectivity index (χ3n) is 3.56. The summed E-state index contributed by atoms with van der Waals surface area (Å²) in [6, 6.07) is 7.47. The first-order chi connectivity index (χ1) is 10.3. The Kier molecular flexibility index (Phi) is 3.84. The number of carbonyl (C=O) groups is 1. The molecule has 3 rings (SSSR count). The number of fused-ring (bicyclic) bond motifs is 1. The Bertz CT molecular complexity index is 695. The summed E-state index contributed by atoms with van der Waals surface area (Å²) in [5.74, 6) is -0.317. The monoisotopic (exact) mass is 284 g/mol. The zero-order valence-corrected chi connectivity index (χ0v) is 11.6. The molecule has 1 amide bonds. The van der Waals surface area contributed by atoms with E-state index in [9.17, 15) is 4.79 Å². The minimum Gasteiger partial charge on any atom is -0.356 e. The summed E-state index contributed by atoms with van der Waals surface area (Å²) in [5.41, 5.74) is 1.51. The zero-order valence-electron chi connectivity index (χ0n) is 11.6. The maximum atomic E-state index is 11.7. The maximum Gasteiger partial charge on any atom is 0.238 e. The van der Waals surface area contributed by atoms with Gasteiger partial charge in [0.15, 0.2) is 6.23 Å². The molecule has 1 unspecified atom stereocenters. The minimum absolute atomic E-state index is 0.0923. The molecular weight excluding hydrogens is 268 g/mol. The molecule has 0 saturated carbocycles. The molecule has 6 nitrogen and oxygen atoms in total. The van der Waals surface area contributed by atoms with E-state index in [1.807, 2.05) is 29.0 Å². The van der Waals surface area contributed by atoms with Gasteiger partial charge in [-0.05, 0) is 25.3 Å². The van der Waals surface area contributed by atoms with Crippen molar-refractivity contribution >= 4 is 22.5 Å². The van der Waals surface area contributed by atoms with Crippen LogP contribution in [0.15, 0.2) is 24.4 Å². The number of para-hydroxylation sites is 1. The van der Waals surface area contributed by atoms with Crippen molar-refractivity contribution < 1.29 is 9.53 Å². The van der Waals surface area contributed by atoms with E-state index in [4.69, 9.17) is 10.00 Å². The van der Waals surface area contributed by atoms with Crippen molar-refractivity contribution in [1.82, 2.24) is 9.78 Å². The van der Waals surface area contributed by atoms with Gasteiger partial charge in [0.25, 0.3) is 0 Å². The Morgan fingerprint density at radius 2 is 2.43 bits per heavy atom. The molecule has 108 valence electrons. The van der Waals surface area contributed by atoms with Gasteiger partial charge in [-0.25, -0.2) is 4.68 Å². The Morgan fingerprint density at radius 3 is 3.19 bits per heavy atom. The molecule has 6 heteroatoms. The molecule has 0 radical (unpaired) electrons. The highest BCUT2D eigenvalue weighted by Crippen LogP contribution is 2.30. The summed E-state index contributed by atoms with van der Waals surface area (Å²) >= 11 is 0. The SMILES string of the molecule is N#CCC(=O)Nc1cccc2cnn(C3CCCCO3)c12. The Labute approximate surface area is 122 Å². The van der Waals surface area contributed by atoms with E-state index in [1.165, 1.54) is 0 Å². The second-order valence-electron chi connectivity index (χ2n) is 5.04. The van der Waals surface area contributed by atoms with E-state index in [0.29, 0.717) is 5.69 Å². The van der Waals surface area contributed by atoms with Gasteiger partial charge >= 0.3 is 0 Å². The Morgan fingerprint density at radius 1 is 1.52 bits per heavy atom. The molecule has 1 N–H and O–H groups in total. The number of nitrogens with one attached hydrogen (secondary N) is 1. The maximum absolute atomic E-state index is 11.7. The van der Waals surface area contributed by atoms with Crippen LogP contribution in [0.1, 0.15) is 31.9 Å². The predicted octanol–water partition coefficient (Wildman–Crippen LogP) is 2.59. The topological polar surface area (TPSA) is 79.9 Å². The van der Waals surface area contributed by atoms with Gasteiger partial charge in [0, 0.05) is 12.0 Å². The third kappa shape index (κ3) is 2.73. The van der Waals surface area contributed by atoms with Crippen LogP contribution in [-0.4, -0.2) is 22.3 Å². The van der Waals surface area contributed by atoms with E-state index in [2.05, 4.69) is 10.4 Å². The van der Waals surface area contributed by atoms with Crippen LogP contribution >= 0.6 is 0 Å². The van der Waals surface area contributed by atoms with Gasteiger partial charge in [-0.3, -0.25) is 4.79 Å². The molecular formula is C15H16N4O2. The highest BCUT2D eigenvalue weighted by molar-refractivity contribution is 6.01. The molecule has 1 aromatic carbocycles. The van der Waals surface area contributed by atoms with Crippen LogP contribution in [0.3, 0.4) is 0 Å². The van der Waals surface area contributed by atoms with Crippen LogP contribution in [0.25, 0.3) is 10.9 Å².